The van der Waals surface area contributed by atoms with Gasteiger partial charge in [-0.25, -0.2) is 14.4 Å². The molecule has 0 saturated heterocycles. The molecule has 0 atom stereocenters. The van der Waals surface area contributed by atoms with Gasteiger partial charge in [0.15, 0.2) is 0 Å². The fourth-order valence-corrected chi connectivity index (χ4v) is 2.38. The van der Waals surface area contributed by atoms with E-state index >= 15 is 0 Å². The van der Waals surface area contributed by atoms with Crippen LogP contribution in [0.5, 0.6) is 0 Å². The fraction of sp³-hybridized carbons (Fsp3) is 0.250. The van der Waals surface area contributed by atoms with E-state index in [9.17, 15) is 4.39 Å². The van der Waals surface area contributed by atoms with E-state index in [1.807, 2.05) is 18.2 Å². The Kier molecular flexibility index (Phi) is 4.21. The van der Waals surface area contributed by atoms with E-state index in [-0.39, 0.29) is 5.83 Å². The summed E-state index contributed by atoms with van der Waals surface area (Å²) in [5.41, 5.74) is 1.79. The van der Waals surface area contributed by atoms with Crippen molar-refractivity contribution in [1.82, 2.24) is 14.9 Å². The van der Waals surface area contributed by atoms with Crippen LogP contribution < -0.4 is 5.32 Å². The molecule has 3 rings (SSSR count). The molecule has 0 saturated carbocycles. The monoisotopic (exact) mass is 284 g/mol. The van der Waals surface area contributed by atoms with Crippen molar-refractivity contribution < 1.29 is 4.39 Å². The molecular weight excluding hydrogens is 267 g/mol. The van der Waals surface area contributed by atoms with Crippen LogP contribution in [0.2, 0.25) is 0 Å². The van der Waals surface area contributed by atoms with Crippen LogP contribution in [0.15, 0.2) is 60.3 Å². The number of hydrogen-bond acceptors (Lipinski definition) is 4. The number of benzene rings is 1. The Labute approximate surface area is 123 Å². The summed E-state index contributed by atoms with van der Waals surface area (Å²) in [6.45, 7) is 1.91. The molecule has 0 bridgehead atoms. The largest absolute Gasteiger partial charge is 0.325 e. The lowest BCUT2D eigenvalue weighted by Gasteiger charge is -2.27. The van der Waals surface area contributed by atoms with E-state index in [0.717, 1.165) is 13.1 Å². The van der Waals surface area contributed by atoms with E-state index in [2.05, 4.69) is 32.3 Å². The van der Waals surface area contributed by atoms with Gasteiger partial charge < -0.3 is 5.32 Å². The molecule has 0 aliphatic carbocycles. The molecule has 2 heterocycles. The SMILES string of the molecule is FC1=C(Nc2ncccn2)CCN(Cc2ccccc2)C1. The highest BCUT2D eigenvalue weighted by Gasteiger charge is 2.19. The van der Waals surface area contributed by atoms with Crippen molar-refractivity contribution in [1.29, 1.82) is 0 Å². The molecule has 0 unspecified atom stereocenters. The molecular formula is C16H17FN4. The zero-order valence-electron chi connectivity index (χ0n) is 11.7. The Morgan fingerprint density at radius 3 is 2.57 bits per heavy atom. The molecule has 0 spiro atoms. The van der Waals surface area contributed by atoms with Crippen molar-refractivity contribution in [2.75, 3.05) is 18.4 Å². The number of nitrogens with zero attached hydrogens (tertiary/aromatic N) is 3. The quantitative estimate of drug-likeness (QED) is 0.937. The Morgan fingerprint density at radius 1 is 1.10 bits per heavy atom. The maximum Gasteiger partial charge on any atom is 0.226 e. The minimum absolute atomic E-state index is 0.135. The first kappa shape index (κ1) is 13.7. The molecule has 5 heteroatoms. The Morgan fingerprint density at radius 2 is 1.86 bits per heavy atom. The van der Waals surface area contributed by atoms with Crippen molar-refractivity contribution >= 4 is 5.95 Å². The van der Waals surface area contributed by atoms with Gasteiger partial charge in [0, 0.05) is 31.9 Å². The van der Waals surface area contributed by atoms with Crippen LogP contribution in [0.1, 0.15) is 12.0 Å². The number of rotatable bonds is 4. The van der Waals surface area contributed by atoms with Gasteiger partial charge >= 0.3 is 0 Å². The first-order valence-corrected chi connectivity index (χ1v) is 6.99. The molecule has 1 aromatic heterocycles. The van der Waals surface area contributed by atoms with Gasteiger partial charge in [-0.3, -0.25) is 4.90 Å². The van der Waals surface area contributed by atoms with Crippen molar-refractivity contribution in [2.24, 2.45) is 0 Å². The minimum atomic E-state index is -0.135. The standard InChI is InChI=1S/C16H17FN4/c17-14-12-21(11-13-5-2-1-3-6-13)10-7-15(14)20-16-18-8-4-9-19-16/h1-6,8-9H,7,10-12H2,(H,18,19,20). The van der Waals surface area contributed by atoms with E-state index < -0.39 is 0 Å². The summed E-state index contributed by atoms with van der Waals surface area (Å²) in [6.07, 6.45) is 3.91. The second-order valence-corrected chi connectivity index (χ2v) is 5.03. The zero-order valence-corrected chi connectivity index (χ0v) is 11.7. The van der Waals surface area contributed by atoms with Crippen molar-refractivity contribution in [2.45, 2.75) is 13.0 Å². The lowest BCUT2D eigenvalue weighted by molar-refractivity contribution is 0.254. The summed E-state index contributed by atoms with van der Waals surface area (Å²) in [5, 5.41) is 2.97. The zero-order chi connectivity index (χ0) is 14.5. The lowest BCUT2D eigenvalue weighted by Crippen LogP contribution is -2.32. The Bertz CT molecular complexity index is 613. The molecule has 1 aromatic carbocycles. The van der Waals surface area contributed by atoms with Gasteiger partial charge in [0.25, 0.3) is 0 Å². The van der Waals surface area contributed by atoms with Crippen LogP contribution >= 0.6 is 0 Å². The predicted molar refractivity (Wildman–Crippen MR) is 80.1 cm³/mol. The first-order valence-electron chi connectivity index (χ1n) is 6.99. The second-order valence-electron chi connectivity index (χ2n) is 5.03. The van der Waals surface area contributed by atoms with Gasteiger partial charge in [-0.15, -0.1) is 0 Å². The number of anilines is 1. The van der Waals surface area contributed by atoms with Crippen molar-refractivity contribution in [3.05, 3.63) is 65.9 Å². The highest BCUT2D eigenvalue weighted by molar-refractivity contribution is 5.36. The third kappa shape index (κ3) is 3.64. The smallest absolute Gasteiger partial charge is 0.226 e. The maximum atomic E-state index is 14.2. The maximum absolute atomic E-state index is 14.2. The molecule has 0 radical (unpaired) electrons. The van der Waals surface area contributed by atoms with Crippen LogP contribution in [0, 0.1) is 0 Å². The third-order valence-electron chi connectivity index (χ3n) is 3.45. The van der Waals surface area contributed by atoms with Crippen LogP contribution in [0.4, 0.5) is 10.3 Å². The van der Waals surface area contributed by atoms with Gasteiger partial charge in [-0.1, -0.05) is 30.3 Å². The summed E-state index contributed by atoms with van der Waals surface area (Å²) >= 11 is 0. The molecule has 0 fully saturated rings. The Balaban J connectivity index is 1.63. The molecule has 0 amide bonds. The third-order valence-corrected chi connectivity index (χ3v) is 3.45. The van der Waals surface area contributed by atoms with Gasteiger partial charge in [-0.2, -0.15) is 0 Å². The first-order chi connectivity index (χ1) is 10.3. The number of nitrogens with one attached hydrogen (secondary N) is 1. The minimum Gasteiger partial charge on any atom is -0.325 e. The van der Waals surface area contributed by atoms with Crippen LogP contribution in [-0.4, -0.2) is 28.0 Å². The lowest BCUT2D eigenvalue weighted by atomic mass is 10.1. The second kappa shape index (κ2) is 6.45. The van der Waals surface area contributed by atoms with Gasteiger partial charge in [0.05, 0.1) is 12.2 Å². The summed E-state index contributed by atoms with van der Waals surface area (Å²) < 4.78 is 14.2. The van der Waals surface area contributed by atoms with E-state index in [1.165, 1.54) is 5.56 Å². The van der Waals surface area contributed by atoms with Crippen LogP contribution in [0.25, 0.3) is 0 Å². The summed E-state index contributed by atoms with van der Waals surface area (Å²) in [7, 11) is 0. The van der Waals surface area contributed by atoms with Crippen molar-refractivity contribution in [3.63, 3.8) is 0 Å². The molecule has 1 N–H and O–H groups in total. The molecule has 21 heavy (non-hydrogen) atoms. The molecule has 4 nitrogen and oxygen atoms in total. The summed E-state index contributed by atoms with van der Waals surface area (Å²) in [6, 6.07) is 11.9. The number of hydrogen-bond donors (Lipinski definition) is 1. The Hall–Kier alpha value is -2.27. The fourth-order valence-electron chi connectivity index (χ4n) is 2.38. The average molecular weight is 284 g/mol. The molecule has 1 aliphatic rings. The number of aromatic nitrogens is 2. The molecule has 1 aliphatic heterocycles. The molecule has 2 aromatic rings. The van der Waals surface area contributed by atoms with Gasteiger partial charge in [0.2, 0.25) is 5.95 Å². The molecule has 108 valence electrons. The summed E-state index contributed by atoms with van der Waals surface area (Å²) in [5.74, 6) is 0.309. The van der Waals surface area contributed by atoms with E-state index in [1.54, 1.807) is 18.5 Å². The normalized spacial score (nSPS) is 16.0. The van der Waals surface area contributed by atoms with Crippen LogP contribution in [0.3, 0.4) is 0 Å². The van der Waals surface area contributed by atoms with Crippen LogP contribution in [-0.2, 0) is 6.54 Å². The highest BCUT2D eigenvalue weighted by atomic mass is 19.1. The van der Waals surface area contributed by atoms with Crippen molar-refractivity contribution in [3.8, 4) is 0 Å². The highest BCUT2D eigenvalue weighted by Crippen LogP contribution is 2.21. The summed E-state index contributed by atoms with van der Waals surface area (Å²) in [4.78, 5) is 10.2. The predicted octanol–water partition coefficient (Wildman–Crippen LogP) is 2.98. The number of halogens is 1. The van der Waals surface area contributed by atoms with E-state index in [4.69, 9.17) is 0 Å². The van der Waals surface area contributed by atoms with Gasteiger partial charge in [-0.05, 0) is 11.6 Å². The van der Waals surface area contributed by atoms with Gasteiger partial charge in [0.1, 0.15) is 5.83 Å². The topological polar surface area (TPSA) is 41.1 Å². The average Bonchev–Trinajstić information content (AvgIpc) is 2.52. The van der Waals surface area contributed by atoms with E-state index in [0.29, 0.717) is 24.6 Å².